The Kier molecular flexibility index (Phi) is 5.28. The molecule has 1 aliphatic heterocycles. The van der Waals surface area contributed by atoms with E-state index in [-0.39, 0.29) is 24.5 Å². The van der Waals surface area contributed by atoms with Crippen molar-refractivity contribution in [2.75, 3.05) is 24.6 Å². The number of hydrogen-bond acceptors (Lipinski definition) is 3. The highest BCUT2D eigenvalue weighted by molar-refractivity contribution is 5.85. The van der Waals surface area contributed by atoms with Gasteiger partial charge in [0.2, 0.25) is 0 Å². The SMILES string of the molecule is CCN(CC)c1ccc([C@H]2COC(=O)N2)cc1.Cl. The second-order valence-electron chi connectivity index (χ2n) is 4.06. The van der Waals surface area contributed by atoms with Crippen molar-refractivity contribution < 1.29 is 9.53 Å². The van der Waals surface area contributed by atoms with E-state index in [0.717, 1.165) is 18.7 Å². The molecule has 0 unspecified atom stereocenters. The first-order valence-electron chi connectivity index (χ1n) is 6.02. The number of carbonyl (C=O) groups excluding carboxylic acids is 1. The van der Waals surface area contributed by atoms with E-state index in [1.807, 2.05) is 12.1 Å². The molecular formula is C13H19ClN2O2. The highest BCUT2D eigenvalue weighted by Gasteiger charge is 2.23. The average molecular weight is 271 g/mol. The topological polar surface area (TPSA) is 41.6 Å². The molecule has 0 aliphatic carbocycles. The molecule has 0 saturated carbocycles. The number of carbonyl (C=O) groups is 1. The van der Waals surface area contributed by atoms with E-state index in [0.29, 0.717) is 6.61 Å². The maximum absolute atomic E-state index is 11.0. The maximum Gasteiger partial charge on any atom is 0.407 e. The molecule has 1 heterocycles. The molecule has 0 radical (unpaired) electrons. The number of cyclic esters (lactones) is 1. The van der Waals surface area contributed by atoms with Gasteiger partial charge in [-0.3, -0.25) is 0 Å². The van der Waals surface area contributed by atoms with Crippen molar-refractivity contribution >= 4 is 24.2 Å². The highest BCUT2D eigenvalue weighted by atomic mass is 35.5. The van der Waals surface area contributed by atoms with Gasteiger partial charge in [-0.25, -0.2) is 4.79 Å². The Morgan fingerprint density at radius 1 is 1.28 bits per heavy atom. The minimum absolute atomic E-state index is 0. The average Bonchev–Trinajstić information content (AvgIpc) is 2.78. The Balaban J connectivity index is 0.00000162. The van der Waals surface area contributed by atoms with Crippen LogP contribution in [0.1, 0.15) is 25.5 Å². The summed E-state index contributed by atoms with van der Waals surface area (Å²) in [5, 5.41) is 2.77. The van der Waals surface area contributed by atoms with Crippen LogP contribution in [0.3, 0.4) is 0 Å². The predicted molar refractivity (Wildman–Crippen MR) is 74.5 cm³/mol. The van der Waals surface area contributed by atoms with Gasteiger partial charge in [0.05, 0.1) is 6.04 Å². The third kappa shape index (κ3) is 3.07. The summed E-state index contributed by atoms with van der Waals surface area (Å²) >= 11 is 0. The van der Waals surface area contributed by atoms with Gasteiger partial charge in [0.15, 0.2) is 0 Å². The Bertz CT molecular complexity index is 390. The number of nitrogens with one attached hydrogen (secondary N) is 1. The van der Waals surface area contributed by atoms with E-state index in [2.05, 4.69) is 36.2 Å². The van der Waals surface area contributed by atoms with Gasteiger partial charge < -0.3 is 15.0 Å². The number of benzene rings is 1. The summed E-state index contributed by atoms with van der Waals surface area (Å²) in [7, 11) is 0. The Labute approximate surface area is 114 Å². The fourth-order valence-electron chi connectivity index (χ4n) is 2.07. The predicted octanol–water partition coefficient (Wildman–Crippen LogP) is 2.74. The maximum atomic E-state index is 11.0. The van der Waals surface area contributed by atoms with Crippen molar-refractivity contribution in [3.8, 4) is 0 Å². The van der Waals surface area contributed by atoms with Crippen molar-refractivity contribution in [1.82, 2.24) is 5.32 Å². The lowest BCUT2D eigenvalue weighted by molar-refractivity contribution is 0.177. The first kappa shape index (κ1) is 14.6. The van der Waals surface area contributed by atoms with Gasteiger partial charge in [0.25, 0.3) is 0 Å². The number of hydrogen-bond donors (Lipinski definition) is 1. The number of anilines is 1. The Hall–Kier alpha value is -1.42. The molecule has 100 valence electrons. The number of nitrogens with zero attached hydrogens (tertiary/aromatic N) is 1. The van der Waals surface area contributed by atoms with Crippen molar-refractivity contribution in [2.45, 2.75) is 19.9 Å². The molecule has 4 nitrogen and oxygen atoms in total. The molecule has 1 fully saturated rings. The molecular weight excluding hydrogens is 252 g/mol. The van der Waals surface area contributed by atoms with Gasteiger partial charge in [-0.05, 0) is 31.5 Å². The monoisotopic (exact) mass is 270 g/mol. The number of alkyl carbamates (subject to hydrolysis) is 1. The Morgan fingerprint density at radius 2 is 1.89 bits per heavy atom. The van der Waals surface area contributed by atoms with Gasteiger partial charge in [-0.2, -0.15) is 0 Å². The first-order chi connectivity index (χ1) is 8.24. The van der Waals surface area contributed by atoms with Crippen molar-refractivity contribution in [3.63, 3.8) is 0 Å². The first-order valence-corrected chi connectivity index (χ1v) is 6.02. The quantitative estimate of drug-likeness (QED) is 0.915. The van der Waals surface area contributed by atoms with Crippen molar-refractivity contribution in [2.24, 2.45) is 0 Å². The van der Waals surface area contributed by atoms with Crippen LogP contribution in [-0.2, 0) is 4.74 Å². The summed E-state index contributed by atoms with van der Waals surface area (Å²) in [6.45, 7) is 6.70. The fourth-order valence-corrected chi connectivity index (χ4v) is 2.07. The lowest BCUT2D eigenvalue weighted by atomic mass is 10.1. The second-order valence-corrected chi connectivity index (χ2v) is 4.06. The van der Waals surface area contributed by atoms with Gasteiger partial charge in [0.1, 0.15) is 6.61 Å². The lowest BCUT2D eigenvalue weighted by Gasteiger charge is -2.21. The van der Waals surface area contributed by atoms with Crippen LogP contribution < -0.4 is 10.2 Å². The molecule has 1 aliphatic rings. The lowest BCUT2D eigenvalue weighted by Crippen LogP contribution is -2.22. The number of amides is 1. The minimum Gasteiger partial charge on any atom is -0.447 e. The molecule has 2 rings (SSSR count). The summed E-state index contributed by atoms with van der Waals surface area (Å²) in [4.78, 5) is 13.2. The third-order valence-corrected chi connectivity index (χ3v) is 3.10. The van der Waals surface area contributed by atoms with E-state index in [9.17, 15) is 4.79 Å². The van der Waals surface area contributed by atoms with Crippen molar-refractivity contribution in [1.29, 1.82) is 0 Å². The molecule has 1 aromatic rings. The van der Waals surface area contributed by atoms with Crippen LogP contribution in [0.4, 0.5) is 10.5 Å². The van der Waals surface area contributed by atoms with E-state index in [4.69, 9.17) is 4.74 Å². The van der Waals surface area contributed by atoms with Crippen LogP contribution >= 0.6 is 12.4 Å². The highest BCUT2D eigenvalue weighted by Crippen LogP contribution is 2.21. The second kappa shape index (κ2) is 6.50. The van der Waals surface area contributed by atoms with Crippen LogP contribution in [-0.4, -0.2) is 25.8 Å². The van der Waals surface area contributed by atoms with E-state index >= 15 is 0 Å². The van der Waals surface area contributed by atoms with Crippen LogP contribution in [0.5, 0.6) is 0 Å². The van der Waals surface area contributed by atoms with Crippen molar-refractivity contribution in [3.05, 3.63) is 29.8 Å². The molecule has 1 N–H and O–H groups in total. The standard InChI is InChI=1S/C13H18N2O2.ClH/c1-3-15(4-2)11-7-5-10(6-8-11)12-9-17-13(16)14-12;/h5-8,12H,3-4,9H2,1-2H3,(H,14,16);1H/t12-;/m1./s1. The number of ether oxygens (including phenoxy) is 1. The van der Waals surface area contributed by atoms with Crippen LogP contribution in [0.25, 0.3) is 0 Å². The Morgan fingerprint density at radius 3 is 2.33 bits per heavy atom. The molecule has 1 aromatic carbocycles. The largest absolute Gasteiger partial charge is 0.447 e. The van der Waals surface area contributed by atoms with Gasteiger partial charge in [-0.1, -0.05) is 12.1 Å². The van der Waals surface area contributed by atoms with Crippen LogP contribution in [0.2, 0.25) is 0 Å². The zero-order valence-electron chi connectivity index (χ0n) is 10.7. The molecule has 0 spiro atoms. The van der Waals surface area contributed by atoms with Gasteiger partial charge in [-0.15, -0.1) is 12.4 Å². The third-order valence-electron chi connectivity index (χ3n) is 3.10. The van der Waals surface area contributed by atoms with E-state index in [1.54, 1.807) is 0 Å². The molecule has 1 atom stereocenters. The minimum atomic E-state index is -0.331. The molecule has 1 saturated heterocycles. The molecule has 0 aromatic heterocycles. The number of rotatable bonds is 4. The summed E-state index contributed by atoms with van der Waals surface area (Å²) in [5.74, 6) is 0. The van der Waals surface area contributed by atoms with E-state index < -0.39 is 0 Å². The summed E-state index contributed by atoms with van der Waals surface area (Å²) in [5.41, 5.74) is 2.30. The molecule has 5 heteroatoms. The van der Waals surface area contributed by atoms with Gasteiger partial charge >= 0.3 is 6.09 Å². The molecule has 1 amide bonds. The molecule has 18 heavy (non-hydrogen) atoms. The number of halogens is 1. The van der Waals surface area contributed by atoms with Crippen LogP contribution in [0.15, 0.2) is 24.3 Å². The van der Waals surface area contributed by atoms with Crippen LogP contribution in [0, 0.1) is 0 Å². The van der Waals surface area contributed by atoms with E-state index in [1.165, 1.54) is 5.69 Å². The normalized spacial score (nSPS) is 17.7. The zero-order chi connectivity index (χ0) is 12.3. The zero-order valence-corrected chi connectivity index (χ0v) is 11.5. The smallest absolute Gasteiger partial charge is 0.407 e. The fraction of sp³-hybridized carbons (Fsp3) is 0.462. The summed E-state index contributed by atoms with van der Waals surface area (Å²) in [6, 6.07) is 8.27. The van der Waals surface area contributed by atoms with Gasteiger partial charge in [0, 0.05) is 18.8 Å². The summed E-state index contributed by atoms with van der Waals surface area (Å²) < 4.78 is 4.88. The summed E-state index contributed by atoms with van der Waals surface area (Å²) in [6.07, 6.45) is -0.331. The molecule has 0 bridgehead atoms.